The van der Waals surface area contributed by atoms with Gasteiger partial charge < -0.3 is 19.5 Å². The Morgan fingerprint density at radius 3 is 2.55 bits per heavy atom. The molecule has 1 rings (SSSR count). The Hall–Kier alpha value is -2.05. The number of carbonyl (C=O) groups excluding carboxylic acids is 1. The molecule has 0 bridgehead atoms. The van der Waals surface area contributed by atoms with Crippen LogP contribution in [0, 0.1) is 0 Å². The molecule has 22 heavy (non-hydrogen) atoms. The molecule has 1 N–H and O–H groups in total. The van der Waals surface area contributed by atoms with E-state index in [9.17, 15) is 13.6 Å². The first kappa shape index (κ1) is 18.0. The molecular weight excluding hydrogens is 296 g/mol. The van der Waals surface area contributed by atoms with Crippen molar-refractivity contribution in [2.24, 2.45) is 0 Å². The van der Waals surface area contributed by atoms with Gasteiger partial charge in [0.15, 0.2) is 0 Å². The summed E-state index contributed by atoms with van der Waals surface area (Å²) in [6.07, 6.45) is -0.0405. The molecule has 0 aliphatic rings. The van der Waals surface area contributed by atoms with E-state index in [2.05, 4.69) is 10.1 Å². The number of alkyl carbamates (subject to hydrolysis) is 1. The maximum absolute atomic E-state index is 12.2. The molecule has 0 unspecified atom stereocenters. The Morgan fingerprint density at radius 2 is 2.00 bits per heavy atom. The number of benzene rings is 1. The first-order valence-corrected chi connectivity index (χ1v) is 6.80. The van der Waals surface area contributed by atoms with Gasteiger partial charge in [-0.05, 0) is 38.8 Å². The normalized spacial score (nSPS) is 11.2. The third-order valence-corrected chi connectivity index (χ3v) is 2.55. The van der Waals surface area contributed by atoms with Gasteiger partial charge in [-0.2, -0.15) is 8.78 Å². The molecular formula is C15H21F2NO4. The molecule has 1 aromatic rings. The van der Waals surface area contributed by atoms with Gasteiger partial charge in [0.05, 0.1) is 7.11 Å². The van der Waals surface area contributed by atoms with E-state index in [4.69, 9.17) is 9.47 Å². The SMILES string of the molecule is COc1cc(OC(F)F)ccc1CCNC(=O)OC(C)(C)C. The van der Waals surface area contributed by atoms with Crippen molar-refractivity contribution >= 4 is 6.09 Å². The molecule has 5 nitrogen and oxygen atoms in total. The minimum atomic E-state index is -2.88. The molecule has 0 fully saturated rings. The second-order valence-electron chi connectivity index (χ2n) is 5.53. The van der Waals surface area contributed by atoms with Crippen LogP contribution >= 0.6 is 0 Å². The van der Waals surface area contributed by atoms with Gasteiger partial charge in [-0.3, -0.25) is 0 Å². The summed E-state index contributed by atoms with van der Waals surface area (Å²) in [6, 6.07) is 4.43. The minimum absolute atomic E-state index is 0.0238. The van der Waals surface area contributed by atoms with E-state index in [0.717, 1.165) is 5.56 Å². The van der Waals surface area contributed by atoms with Gasteiger partial charge in [-0.1, -0.05) is 6.07 Å². The Morgan fingerprint density at radius 1 is 1.32 bits per heavy atom. The molecule has 0 radical (unpaired) electrons. The van der Waals surface area contributed by atoms with Crippen molar-refractivity contribution in [3.05, 3.63) is 23.8 Å². The summed E-state index contributed by atoms with van der Waals surface area (Å²) in [5, 5.41) is 2.62. The zero-order chi connectivity index (χ0) is 16.8. The fourth-order valence-electron chi connectivity index (χ4n) is 1.72. The van der Waals surface area contributed by atoms with Gasteiger partial charge in [0, 0.05) is 12.6 Å². The van der Waals surface area contributed by atoms with E-state index in [1.165, 1.54) is 19.2 Å². The van der Waals surface area contributed by atoms with Crippen molar-refractivity contribution in [3.63, 3.8) is 0 Å². The van der Waals surface area contributed by atoms with E-state index in [1.807, 2.05) is 0 Å². The van der Waals surface area contributed by atoms with Crippen LogP contribution in [-0.4, -0.2) is 32.0 Å². The largest absolute Gasteiger partial charge is 0.496 e. The molecule has 0 aromatic heterocycles. The zero-order valence-electron chi connectivity index (χ0n) is 13.1. The first-order valence-electron chi connectivity index (χ1n) is 6.80. The van der Waals surface area contributed by atoms with Crippen molar-refractivity contribution in [2.45, 2.75) is 39.4 Å². The monoisotopic (exact) mass is 317 g/mol. The van der Waals surface area contributed by atoms with Crippen molar-refractivity contribution in [3.8, 4) is 11.5 Å². The predicted octanol–water partition coefficient (Wildman–Crippen LogP) is 3.36. The van der Waals surface area contributed by atoms with E-state index in [0.29, 0.717) is 18.7 Å². The van der Waals surface area contributed by atoms with E-state index >= 15 is 0 Å². The first-order chi connectivity index (χ1) is 10.2. The number of hydrogen-bond acceptors (Lipinski definition) is 4. The quantitative estimate of drug-likeness (QED) is 0.874. The van der Waals surface area contributed by atoms with Crippen molar-refractivity contribution in [2.75, 3.05) is 13.7 Å². The smallest absolute Gasteiger partial charge is 0.407 e. The Labute approximate surface area is 128 Å². The van der Waals surface area contributed by atoms with E-state index in [1.54, 1.807) is 26.8 Å². The number of alkyl halides is 2. The van der Waals surface area contributed by atoms with Crippen molar-refractivity contribution in [1.82, 2.24) is 5.32 Å². The second-order valence-corrected chi connectivity index (χ2v) is 5.53. The number of nitrogens with one attached hydrogen (secondary N) is 1. The topological polar surface area (TPSA) is 56.8 Å². The van der Waals surface area contributed by atoms with Crippen molar-refractivity contribution < 1.29 is 27.8 Å². The fraction of sp³-hybridized carbons (Fsp3) is 0.533. The summed E-state index contributed by atoms with van der Waals surface area (Å²) >= 11 is 0. The number of hydrogen-bond donors (Lipinski definition) is 1. The lowest BCUT2D eigenvalue weighted by Gasteiger charge is -2.19. The fourth-order valence-corrected chi connectivity index (χ4v) is 1.72. The van der Waals surface area contributed by atoms with Gasteiger partial charge in [-0.15, -0.1) is 0 Å². The summed E-state index contributed by atoms with van der Waals surface area (Å²) in [4.78, 5) is 11.5. The van der Waals surface area contributed by atoms with Crippen LogP contribution < -0.4 is 14.8 Å². The highest BCUT2D eigenvalue weighted by molar-refractivity contribution is 5.67. The highest BCUT2D eigenvalue weighted by Gasteiger charge is 2.16. The molecule has 0 saturated heterocycles. The van der Waals surface area contributed by atoms with Gasteiger partial charge in [-0.25, -0.2) is 4.79 Å². The van der Waals surface area contributed by atoms with Crippen LogP contribution in [0.25, 0.3) is 0 Å². The molecule has 0 spiro atoms. The Bertz CT molecular complexity index is 501. The van der Waals surface area contributed by atoms with Gasteiger partial charge >= 0.3 is 12.7 Å². The molecule has 0 atom stereocenters. The molecule has 1 amide bonds. The van der Waals surface area contributed by atoms with Gasteiger partial charge in [0.1, 0.15) is 17.1 Å². The van der Waals surface area contributed by atoms with Crippen LogP contribution in [0.1, 0.15) is 26.3 Å². The third-order valence-electron chi connectivity index (χ3n) is 2.55. The number of ether oxygens (including phenoxy) is 3. The highest BCUT2D eigenvalue weighted by Crippen LogP contribution is 2.26. The molecule has 0 saturated carbocycles. The summed E-state index contributed by atoms with van der Waals surface area (Å²) in [5.74, 6) is 0.444. The molecule has 124 valence electrons. The van der Waals surface area contributed by atoms with E-state index < -0.39 is 18.3 Å². The average Bonchev–Trinajstić information content (AvgIpc) is 2.37. The molecule has 0 aliphatic heterocycles. The standard InChI is InChI=1S/C15H21F2NO4/c1-15(2,3)22-14(19)18-8-7-10-5-6-11(21-13(16)17)9-12(10)20-4/h5-6,9,13H,7-8H2,1-4H3,(H,18,19). The number of carbonyl (C=O) groups is 1. The van der Waals surface area contributed by atoms with Crippen LogP contribution in [0.5, 0.6) is 11.5 Å². The third kappa shape index (κ3) is 6.60. The molecule has 0 heterocycles. The van der Waals surface area contributed by atoms with Gasteiger partial charge in [0.2, 0.25) is 0 Å². The maximum atomic E-state index is 12.2. The molecule has 1 aromatic carbocycles. The summed E-state index contributed by atoms with van der Waals surface area (Å²) < 4.78 is 38.9. The van der Waals surface area contributed by atoms with Crippen molar-refractivity contribution in [1.29, 1.82) is 0 Å². The summed E-state index contributed by atoms with van der Waals surface area (Å²) in [6.45, 7) is 2.77. The summed E-state index contributed by atoms with van der Waals surface area (Å²) in [7, 11) is 1.44. The second kappa shape index (κ2) is 7.82. The lowest BCUT2D eigenvalue weighted by atomic mass is 10.1. The minimum Gasteiger partial charge on any atom is -0.496 e. The van der Waals surface area contributed by atoms with Crippen LogP contribution in [0.3, 0.4) is 0 Å². The summed E-state index contributed by atoms with van der Waals surface area (Å²) in [5.41, 5.74) is 0.205. The predicted molar refractivity (Wildman–Crippen MR) is 77.6 cm³/mol. The van der Waals surface area contributed by atoms with E-state index in [-0.39, 0.29) is 5.75 Å². The highest BCUT2D eigenvalue weighted by atomic mass is 19.3. The maximum Gasteiger partial charge on any atom is 0.407 e. The van der Waals surface area contributed by atoms with Gasteiger partial charge in [0.25, 0.3) is 0 Å². The molecule has 7 heteroatoms. The Balaban J connectivity index is 2.57. The lowest BCUT2D eigenvalue weighted by Crippen LogP contribution is -2.33. The van der Waals surface area contributed by atoms with Crippen LogP contribution in [0.4, 0.5) is 13.6 Å². The number of rotatable bonds is 6. The number of methoxy groups -OCH3 is 1. The van der Waals surface area contributed by atoms with Crippen LogP contribution in [0.2, 0.25) is 0 Å². The Kier molecular flexibility index (Phi) is 6.39. The average molecular weight is 317 g/mol. The zero-order valence-corrected chi connectivity index (χ0v) is 13.1. The lowest BCUT2D eigenvalue weighted by molar-refractivity contribution is -0.0499. The molecule has 0 aliphatic carbocycles. The van der Waals surface area contributed by atoms with Crippen LogP contribution in [0.15, 0.2) is 18.2 Å². The van der Waals surface area contributed by atoms with Crippen LogP contribution in [-0.2, 0) is 11.2 Å². The number of amides is 1. The number of halogens is 2.